The molecule has 0 aliphatic carbocycles. The summed E-state index contributed by atoms with van der Waals surface area (Å²) in [4.78, 5) is 11.0. The molecule has 0 saturated carbocycles. The maximum absolute atomic E-state index is 5.51. The molecule has 0 fully saturated rings. The van der Waals surface area contributed by atoms with Gasteiger partial charge in [-0.1, -0.05) is 0 Å². The van der Waals surface area contributed by atoms with E-state index in [-0.39, 0.29) is 0 Å². The molecular weight excluding hydrogens is 208 g/mol. The molecule has 0 aromatic carbocycles. The number of aromatic amines is 1. The normalized spacial score (nSPS) is 10.6. The lowest BCUT2D eigenvalue weighted by atomic mass is 10.4. The average Bonchev–Trinajstić information content (AvgIpc) is 2.27. The quantitative estimate of drug-likeness (QED) is 0.692. The number of hydrogen-bond donors (Lipinski definition) is 2. The van der Waals surface area contributed by atoms with E-state index in [9.17, 15) is 0 Å². The second-order valence-corrected chi connectivity index (χ2v) is 2.92. The molecule has 11 heavy (non-hydrogen) atoms. The summed E-state index contributed by atoms with van der Waals surface area (Å²) in [5, 5.41) is 0. The first-order valence-electron chi connectivity index (χ1n) is 3.02. The number of nitrogens with zero attached hydrogens (tertiary/aromatic N) is 2. The maximum Gasteiger partial charge on any atom is 0.178 e. The van der Waals surface area contributed by atoms with Crippen molar-refractivity contribution in [3.05, 3.63) is 17.0 Å². The van der Waals surface area contributed by atoms with Crippen LogP contribution in [-0.4, -0.2) is 15.0 Å². The van der Waals surface area contributed by atoms with Gasteiger partial charge in [0.25, 0.3) is 0 Å². The van der Waals surface area contributed by atoms with Crippen molar-refractivity contribution in [3.8, 4) is 0 Å². The van der Waals surface area contributed by atoms with Crippen LogP contribution in [0.2, 0.25) is 0 Å². The van der Waals surface area contributed by atoms with Gasteiger partial charge in [0, 0.05) is 0 Å². The second kappa shape index (κ2) is 2.20. The summed E-state index contributed by atoms with van der Waals surface area (Å²) in [6.07, 6.45) is 1.58. The first kappa shape index (κ1) is 6.60. The van der Waals surface area contributed by atoms with Gasteiger partial charge in [0.05, 0.1) is 17.4 Å². The van der Waals surface area contributed by atoms with Crippen LogP contribution in [0.5, 0.6) is 0 Å². The number of H-pyrrole nitrogens is 1. The van der Waals surface area contributed by atoms with Crippen LogP contribution in [0, 0.1) is 0 Å². The van der Waals surface area contributed by atoms with Gasteiger partial charge in [0.15, 0.2) is 10.4 Å². The van der Waals surface area contributed by atoms with E-state index in [0.29, 0.717) is 16.1 Å². The Balaban J connectivity index is 2.82. The van der Waals surface area contributed by atoms with Crippen molar-refractivity contribution in [3.63, 3.8) is 0 Å². The number of pyridine rings is 1. The molecule has 0 aliphatic rings. The van der Waals surface area contributed by atoms with Gasteiger partial charge in [-0.05, 0) is 22.0 Å². The van der Waals surface area contributed by atoms with Gasteiger partial charge in [0.1, 0.15) is 0 Å². The van der Waals surface area contributed by atoms with Crippen molar-refractivity contribution < 1.29 is 0 Å². The molecule has 2 heterocycles. The molecule has 0 spiro atoms. The molecule has 2 rings (SSSR count). The molecule has 5 heteroatoms. The van der Waals surface area contributed by atoms with Crippen molar-refractivity contribution >= 4 is 32.8 Å². The average molecular weight is 213 g/mol. The van der Waals surface area contributed by atoms with Crippen LogP contribution >= 0.6 is 15.9 Å². The highest BCUT2D eigenvalue weighted by Gasteiger charge is 1.99. The van der Waals surface area contributed by atoms with E-state index >= 15 is 0 Å². The summed E-state index contributed by atoms with van der Waals surface area (Å²) in [5.74, 6) is 0. The Kier molecular flexibility index (Phi) is 1.32. The molecule has 0 saturated heterocycles. The van der Waals surface area contributed by atoms with E-state index in [4.69, 9.17) is 5.73 Å². The SMILES string of the molecule is Nc1cnc2nc(Br)[nH]c2c1. The number of aromatic nitrogens is 3. The van der Waals surface area contributed by atoms with Crippen molar-refractivity contribution in [1.29, 1.82) is 0 Å². The summed E-state index contributed by atoms with van der Waals surface area (Å²) in [5.41, 5.74) is 7.66. The topological polar surface area (TPSA) is 67.6 Å². The molecule has 3 N–H and O–H groups in total. The van der Waals surface area contributed by atoms with Crippen molar-refractivity contribution in [2.75, 3.05) is 5.73 Å². The van der Waals surface area contributed by atoms with Crippen LogP contribution in [0.15, 0.2) is 17.0 Å². The Hall–Kier alpha value is -1.10. The fourth-order valence-corrected chi connectivity index (χ4v) is 1.27. The van der Waals surface area contributed by atoms with Gasteiger partial charge in [0.2, 0.25) is 0 Å². The first-order valence-corrected chi connectivity index (χ1v) is 3.82. The smallest absolute Gasteiger partial charge is 0.178 e. The third kappa shape index (κ3) is 1.07. The molecular formula is C6H5BrN4. The lowest BCUT2D eigenvalue weighted by Crippen LogP contribution is -1.85. The summed E-state index contributed by atoms with van der Waals surface area (Å²) in [6, 6.07) is 1.79. The number of fused-ring (bicyclic) bond motifs is 1. The Bertz CT molecular complexity index is 394. The Labute approximate surface area is 71.0 Å². The molecule has 0 amide bonds. The fourth-order valence-electron chi connectivity index (χ4n) is 0.887. The molecule has 4 nitrogen and oxygen atoms in total. The fraction of sp³-hybridized carbons (Fsp3) is 0. The number of nitrogens with one attached hydrogen (secondary N) is 1. The van der Waals surface area contributed by atoms with Gasteiger partial charge in [-0.3, -0.25) is 0 Å². The van der Waals surface area contributed by atoms with E-state index in [1.807, 2.05) is 0 Å². The van der Waals surface area contributed by atoms with E-state index in [1.54, 1.807) is 12.3 Å². The van der Waals surface area contributed by atoms with Crippen LogP contribution in [0.1, 0.15) is 0 Å². The summed E-state index contributed by atoms with van der Waals surface area (Å²) < 4.78 is 0.672. The number of rotatable bonds is 0. The zero-order valence-corrected chi connectivity index (χ0v) is 7.09. The first-order chi connectivity index (χ1) is 5.25. The summed E-state index contributed by atoms with van der Waals surface area (Å²) in [6.45, 7) is 0. The number of nitrogens with two attached hydrogens (primary N) is 1. The van der Waals surface area contributed by atoms with E-state index in [0.717, 1.165) is 5.52 Å². The molecule has 0 bridgehead atoms. The minimum atomic E-state index is 0.633. The third-order valence-electron chi connectivity index (χ3n) is 1.33. The molecule has 56 valence electrons. The van der Waals surface area contributed by atoms with Gasteiger partial charge in [-0.25, -0.2) is 9.97 Å². The maximum atomic E-state index is 5.51. The molecule has 2 aromatic rings. The van der Waals surface area contributed by atoms with Gasteiger partial charge in [-0.2, -0.15) is 0 Å². The van der Waals surface area contributed by atoms with E-state index in [1.165, 1.54) is 0 Å². The highest BCUT2D eigenvalue weighted by Crippen LogP contribution is 2.14. The van der Waals surface area contributed by atoms with E-state index in [2.05, 4.69) is 30.9 Å². The Morgan fingerprint density at radius 1 is 1.55 bits per heavy atom. The monoisotopic (exact) mass is 212 g/mol. The Morgan fingerprint density at radius 2 is 2.36 bits per heavy atom. The lowest BCUT2D eigenvalue weighted by Gasteiger charge is -1.88. The van der Waals surface area contributed by atoms with Gasteiger partial charge < -0.3 is 10.7 Å². The minimum absolute atomic E-state index is 0.633. The lowest BCUT2D eigenvalue weighted by molar-refractivity contribution is 1.24. The zero-order chi connectivity index (χ0) is 7.84. The minimum Gasteiger partial charge on any atom is -0.397 e. The van der Waals surface area contributed by atoms with E-state index < -0.39 is 0 Å². The van der Waals surface area contributed by atoms with Gasteiger partial charge in [-0.15, -0.1) is 0 Å². The largest absolute Gasteiger partial charge is 0.397 e. The van der Waals surface area contributed by atoms with Crippen LogP contribution < -0.4 is 5.73 Å². The second-order valence-electron chi connectivity index (χ2n) is 2.17. The highest BCUT2D eigenvalue weighted by atomic mass is 79.9. The molecule has 0 atom stereocenters. The van der Waals surface area contributed by atoms with Crippen molar-refractivity contribution in [2.45, 2.75) is 0 Å². The van der Waals surface area contributed by atoms with Crippen LogP contribution in [0.3, 0.4) is 0 Å². The molecule has 2 aromatic heterocycles. The predicted octanol–water partition coefficient (Wildman–Crippen LogP) is 1.30. The summed E-state index contributed by atoms with van der Waals surface area (Å²) in [7, 11) is 0. The number of nitrogen functional groups attached to an aromatic ring is 1. The molecule has 0 aliphatic heterocycles. The third-order valence-corrected chi connectivity index (χ3v) is 1.71. The van der Waals surface area contributed by atoms with Crippen LogP contribution in [0.4, 0.5) is 5.69 Å². The van der Waals surface area contributed by atoms with Crippen LogP contribution in [0.25, 0.3) is 11.2 Å². The number of halogens is 1. The molecule has 0 unspecified atom stereocenters. The number of imidazole rings is 1. The van der Waals surface area contributed by atoms with Crippen molar-refractivity contribution in [1.82, 2.24) is 15.0 Å². The number of anilines is 1. The van der Waals surface area contributed by atoms with Gasteiger partial charge >= 0.3 is 0 Å². The zero-order valence-electron chi connectivity index (χ0n) is 5.50. The van der Waals surface area contributed by atoms with Crippen LogP contribution in [-0.2, 0) is 0 Å². The summed E-state index contributed by atoms with van der Waals surface area (Å²) >= 11 is 3.20. The Morgan fingerprint density at radius 3 is 3.18 bits per heavy atom. The standard InChI is InChI=1S/C6H5BrN4/c7-6-10-4-1-3(8)2-9-5(4)11-6/h1-2H,8H2,(H,9,10,11). The highest BCUT2D eigenvalue weighted by molar-refractivity contribution is 9.10. The number of hydrogen-bond acceptors (Lipinski definition) is 3. The predicted molar refractivity (Wildman–Crippen MR) is 46.0 cm³/mol. The molecule has 0 radical (unpaired) electrons. The van der Waals surface area contributed by atoms with Crippen molar-refractivity contribution in [2.24, 2.45) is 0 Å².